The van der Waals surface area contributed by atoms with Gasteiger partial charge in [-0.05, 0) is 18.4 Å². The number of benzene rings is 1. The average Bonchev–Trinajstić information content (AvgIpc) is 2.27. The lowest BCUT2D eigenvalue weighted by atomic mass is 9.88. The van der Waals surface area contributed by atoms with Gasteiger partial charge in [0.15, 0.2) is 0 Å². The Labute approximate surface area is 117 Å². The fourth-order valence-corrected chi connectivity index (χ4v) is 1.50. The van der Waals surface area contributed by atoms with Gasteiger partial charge in [-0.3, -0.25) is 14.9 Å². The van der Waals surface area contributed by atoms with Crippen LogP contribution in [0, 0.1) is 15.5 Å². The van der Waals surface area contributed by atoms with E-state index in [1.54, 1.807) is 0 Å². The molecule has 0 aliphatic heterocycles. The van der Waals surface area contributed by atoms with Crippen molar-refractivity contribution in [3.63, 3.8) is 0 Å². The molecule has 0 aromatic heterocycles. The van der Waals surface area contributed by atoms with Crippen LogP contribution in [0.2, 0.25) is 5.02 Å². The zero-order valence-corrected chi connectivity index (χ0v) is 12.1. The molecule has 1 aromatic carbocycles. The maximum Gasteiger partial charge on any atom is 0.270 e. The van der Waals surface area contributed by atoms with E-state index in [4.69, 9.17) is 11.6 Å². The van der Waals surface area contributed by atoms with Gasteiger partial charge in [-0.1, -0.05) is 32.4 Å². The molecule has 1 unspecified atom stereocenters. The number of nitro benzene ring substituents is 1. The van der Waals surface area contributed by atoms with Crippen molar-refractivity contribution in [2.75, 3.05) is 0 Å². The van der Waals surface area contributed by atoms with E-state index in [1.165, 1.54) is 18.2 Å². The SMILES string of the molecule is CC(NC(=O)c1cc([N+](=O)[O-])ccc1Cl)C(C)(C)C. The molecule has 0 saturated carbocycles. The van der Waals surface area contributed by atoms with E-state index in [-0.39, 0.29) is 27.7 Å². The smallest absolute Gasteiger partial charge is 0.270 e. The monoisotopic (exact) mass is 284 g/mol. The number of carbonyl (C=O) groups excluding carboxylic acids is 1. The Morgan fingerprint density at radius 3 is 2.47 bits per heavy atom. The molecule has 6 heteroatoms. The molecule has 5 nitrogen and oxygen atoms in total. The standard InChI is InChI=1S/C13H17ClN2O3/c1-8(13(2,3)4)15-12(17)10-7-9(16(18)19)5-6-11(10)14/h5-8H,1-4H3,(H,15,17). The Morgan fingerprint density at radius 1 is 1.42 bits per heavy atom. The predicted molar refractivity (Wildman–Crippen MR) is 74.5 cm³/mol. The second-order valence-electron chi connectivity index (χ2n) is 5.48. The molecule has 1 N–H and O–H groups in total. The number of amides is 1. The molecule has 0 fully saturated rings. The first kappa shape index (κ1) is 15.4. The van der Waals surface area contributed by atoms with Gasteiger partial charge >= 0.3 is 0 Å². The Balaban J connectivity index is 3.00. The molecule has 0 spiro atoms. The van der Waals surface area contributed by atoms with Crippen molar-refractivity contribution in [2.45, 2.75) is 33.7 Å². The predicted octanol–water partition coefficient (Wildman–Crippen LogP) is 3.41. The first-order valence-electron chi connectivity index (χ1n) is 5.87. The molecule has 104 valence electrons. The second-order valence-corrected chi connectivity index (χ2v) is 5.89. The third kappa shape index (κ3) is 3.92. The number of nitro groups is 1. The Morgan fingerprint density at radius 2 is 2.00 bits per heavy atom. The summed E-state index contributed by atoms with van der Waals surface area (Å²) in [5.41, 5.74) is -0.145. The summed E-state index contributed by atoms with van der Waals surface area (Å²) in [6.45, 7) is 7.86. The largest absolute Gasteiger partial charge is 0.349 e. The van der Waals surface area contributed by atoms with Gasteiger partial charge in [-0.2, -0.15) is 0 Å². The molecule has 1 atom stereocenters. The Kier molecular flexibility index (Phi) is 4.52. The van der Waals surface area contributed by atoms with E-state index in [2.05, 4.69) is 5.32 Å². The lowest BCUT2D eigenvalue weighted by molar-refractivity contribution is -0.384. The van der Waals surface area contributed by atoms with Gasteiger partial charge < -0.3 is 5.32 Å². The van der Waals surface area contributed by atoms with Gasteiger partial charge in [0.25, 0.3) is 11.6 Å². The van der Waals surface area contributed by atoms with Crippen molar-refractivity contribution in [3.05, 3.63) is 38.9 Å². The summed E-state index contributed by atoms with van der Waals surface area (Å²) in [5, 5.41) is 13.7. The minimum atomic E-state index is -0.555. The van der Waals surface area contributed by atoms with Crippen LogP contribution in [0.25, 0.3) is 0 Å². The molecule has 0 aliphatic carbocycles. The van der Waals surface area contributed by atoms with Gasteiger partial charge in [0.2, 0.25) is 0 Å². The van der Waals surface area contributed by atoms with Gasteiger partial charge in [0.05, 0.1) is 15.5 Å². The van der Waals surface area contributed by atoms with E-state index in [0.29, 0.717) is 0 Å². The minimum Gasteiger partial charge on any atom is -0.349 e. The first-order chi connectivity index (χ1) is 8.62. The maximum atomic E-state index is 12.1. The summed E-state index contributed by atoms with van der Waals surface area (Å²) >= 11 is 5.91. The molecule has 0 heterocycles. The van der Waals surface area contributed by atoms with Crippen LogP contribution in [0.5, 0.6) is 0 Å². The molecular weight excluding hydrogens is 268 g/mol. The molecule has 1 amide bonds. The Hall–Kier alpha value is -1.62. The highest BCUT2D eigenvalue weighted by molar-refractivity contribution is 6.33. The van der Waals surface area contributed by atoms with Crippen molar-refractivity contribution >= 4 is 23.2 Å². The number of carbonyl (C=O) groups is 1. The molecule has 0 aliphatic rings. The van der Waals surface area contributed by atoms with Crippen LogP contribution < -0.4 is 5.32 Å². The molecular formula is C13H17ClN2O3. The lowest BCUT2D eigenvalue weighted by Crippen LogP contribution is -2.41. The number of halogens is 1. The van der Waals surface area contributed by atoms with E-state index in [1.807, 2.05) is 27.7 Å². The number of hydrogen-bond acceptors (Lipinski definition) is 3. The summed E-state index contributed by atoms with van der Waals surface area (Å²) in [5.74, 6) is -0.406. The zero-order valence-electron chi connectivity index (χ0n) is 11.4. The van der Waals surface area contributed by atoms with E-state index in [9.17, 15) is 14.9 Å². The van der Waals surface area contributed by atoms with Crippen molar-refractivity contribution in [1.82, 2.24) is 5.32 Å². The third-order valence-corrected chi connectivity index (χ3v) is 3.38. The van der Waals surface area contributed by atoms with Gasteiger partial charge in [0.1, 0.15) is 0 Å². The fourth-order valence-electron chi connectivity index (χ4n) is 1.29. The van der Waals surface area contributed by atoms with Crippen molar-refractivity contribution in [2.24, 2.45) is 5.41 Å². The first-order valence-corrected chi connectivity index (χ1v) is 6.25. The van der Waals surface area contributed by atoms with Crippen molar-refractivity contribution in [3.8, 4) is 0 Å². The molecule has 19 heavy (non-hydrogen) atoms. The number of nitrogens with one attached hydrogen (secondary N) is 1. The Bertz CT molecular complexity index is 509. The van der Waals surface area contributed by atoms with Gasteiger partial charge in [0, 0.05) is 18.2 Å². The van der Waals surface area contributed by atoms with E-state index >= 15 is 0 Å². The summed E-state index contributed by atoms with van der Waals surface area (Å²) in [7, 11) is 0. The van der Waals surface area contributed by atoms with Crippen LogP contribution in [-0.2, 0) is 0 Å². The quantitative estimate of drug-likeness (QED) is 0.683. The topological polar surface area (TPSA) is 72.2 Å². The third-order valence-electron chi connectivity index (χ3n) is 3.05. The zero-order chi connectivity index (χ0) is 14.8. The normalized spacial score (nSPS) is 12.9. The lowest BCUT2D eigenvalue weighted by Gasteiger charge is -2.28. The van der Waals surface area contributed by atoms with Gasteiger partial charge in [-0.25, -0.2) is 0 Å². The van der Waals surface area contributed by atoms with Crippen LogP contribution in [0.1, 0.15) is 38.1 Å². The number of hydrogen-bond donors (Lipinski definition) is 1. The van der Waals surface area contributed by atoms with E-state index in [0.717, 1.165) is 0 Å². The second kappa shape index (κ2) is 5.57. The minimum absolute atomic E-state index is 0.0877. The molecule has 1 aromatic rings. The van der Waals surface area contributed by atoms with E-state index < -0.39 is 10.8 Å². The van der Waals surface area contributed by atoms with Crippen LogP contribution in [0.4, 0.5) is 5.69 Å². The highest BCUT2D eigenvalue weighted by Crippen LogP contribution is 2.23. The molecule has 0 radical (unpaired) electrons. The number of rotatable bonds is 3. The summed E-state index contributed by atoms with van der Waals surface area (Å²) < 4.78 is 0. The highest BCUT2D eigenvalue weighted by Gasteiger charge is 2.24. The summed E-state index contributed by atoms with van der Waals surface area (Å²) in [6, 6.07) is 3.73. The summed E-state index contributed by atoms with van der Waals surface area (Å²) in [4.78, 5) is 22.2. The molecule has 0 bridgehead atoms. The molecule has 1 rings (SSSR count). The van der Waals surface area contributed by atoms with Crippen LogP contribution in [0.15, 0.2) is 18.2 Å². The fraction of sp³-hybridized carbons (Fsp3) is 0.462. The van der Waals surface area contributed by atoms with Crippen LogP contribution >= 0.6 is 11.6 Å². The van der Waals surface area contributed by atoms with Crippen LogP contribution in [-0.4, -0.2) is 16.9 Å². The highest BCUT2D eigenvalue weighted by atomic mass is 35.5. The number of nitrogens with zero attached hydrogens (tertiary/aromatic N) is 1. The van der Waals surface area contributed by atoms with Crippen molar-refractivity contribution in [1.29, 1.82) is 0 Å². The summed E-state index contributed by atoms with van der Waals surface area (Å²) in [6.07, 6.45) is 0. The van der Waals surface area contributed by atoms with Crippen LogP contribution in [0.3, 0.4) is 0 Å². The average molecular weight is 285 g/mol. The van der Waals surface area contributed by atoms with Crippen molar-refractivity contribution < 1.29 is 9.72 Å². The number of non-ortho nitro benzene ring substituents is 1. The molecule has 0 saturated heterocycles. The maximum absolute atomic E-state index is 12.1. The van der Waals surface area contributed by atoms with Gasteiger partial charge in [-0.15, -0.1) is 0 Å².